The number of rotatable bonds is 6. The van der Waals surface area contributed by atoms with Gasteiger partial charge in [0, 0.05) is 18.4 Å². The first-order chi connectivity index (χ1) is 6.61. The molecule has 0 aliphatic rings. The standard InChI is InChI=1S/C12H20N2/c1-6-8-11(3)13-10-14(5)12(4)9-7-2/h6-9,13H,1-2,10H2,3-5H3/b11-8+,12-9-. The highest BCUT2D eigenvalue weighted by Gasteiger charge is 1.96. The Hall–Kier alpha value is -1.44. The topological polar surface area (TPSA) is 15.3 Å². The van der Waals surface area contributed by atoms with Crippen LogP contribution in [0.25, 0.3) is 0 Å². The van der Waals surface area contributed by atoms with Crippen molar-refractivity contribution in [3.05, 3.63) is 48.9 Å². The Morgan fingerprint density at radius 3 is 2.29 bits per heavy atom. The minimum absolute atomic E-state index is 0.784. The van der Waals surface area contributed by atoms with E-state index in [1.54, 1.807) is 12.2 Å². The average molecular weight is 192 g/mol. The molecule has 0 spiro atoms. The fourth-order valence-electron chi connectivity index (χ4n) is 0.901. The predicted molar refractivity (Wildman–Crippen MR) is 63.7 cm³/mol. The van der Waals surface area contributed by atoms with Crippen LogP contribution in [0, 0.1) is 0 Å². The van der Waals surface area contributed by atoms with Crippen LogP contribution in [0.4, 0.5) is 0 Å². The van der Waals surface area contributed by atoms with Crippen molar-refractivity contribution in [1.29, 1.82) is 0 Å². The summed E-state index contributed by atoms with van der Waals surface area (Å²) in [7, 11) is 2.03. The molecule has 14 heavy (non-hydrogen) atoms. The first-order valence-corrected chi connectivity index (χ1v) is 4.65. The third kappa shape index (κ3) is 5.25. The molecule has 0 aromatic heterocycles. The normalized spacial score (nSPS) is 12.2. The summed E-state index contributed by atoms with van der Waals surface area (Å²) in [6, 6.07) is 0. The van der Waals surface area contributed by atoms with Crippen LogP contribution in [-0.2, 0) is 0 Å². The van der Waals surface area contributed by atoms with Gasteiger partial charge in [-0.3, -0.25) is 0 Å². The molecule has 1 N–H and O–H groups in total. The molecule has 0 unspecified atom stereocenters. The van der Waals surface area contributed by atoms with Crippen molar-refractivity contribution in [3.63, 3.8) is 0 Å². The van der Waals surface area contributed by atoms with E-state index in [1.807, 2.05) is 26.1 Å². The molecule has 0 saturated heterocycles. The van der Waals surface area contributed by atoms with E-state index in [1.165, 1.54) is 5.70 Å². The SMILES string of the molecule is C=C/C=C(/C)N(C)CN/C(C)=C/C=C. The summed E-state index contributed by atoms with van der Waals surface area (Å²) >= 11 is 0. The molecule has 0 atom stereocenters. The van der Waals surface area contributed by atoms with Gasteiger partial charge in [0.2, 0.25) is 0 Å². The summed E-state index contributed by atoms with van der Waals surface area (Å²) in [6.07, 6.45) is 7.49. The van der Waals surface area contributed by atoms with Gasteiger partial charge in [-0.05, 0) is 26.0 Å². The van der Waals surface area contributed by atoms with Crippen LogP contribution in [0.5, 0.6) is 0 Å². The Morgan fingerprint density at radius 2 is 1.79 bits per heavy atom. The third-order valence-electron chi connectivity index (χ3n) is 1.92. The molecule has 0 aromatic carbocycles. The van der Waals surface area contributed by atoms with E-state index in [9.17, 15) is 0 Å². The first-order valence-electron chi connectivity index (χ1n) is 4.65. The lowest BCUT2D eigenvalue weighted by atomic mass is 10.4. The van der Waals surface area contributed by atoms with Crippen molar-refractivity contribution in [3.8, 4) is 0 Å². The second-order valence-corrected chi connectivity index (χ2v) is 3.16. The summed E-state index contributed by atoms with van der Waals surface area (Å²) < 4.78 is 0. The maximum atomic E-state index is 3.66. The van der Waals surface area contributed by atoms with Gasteiger partial charge in [-0.15, -0.1) is 0 Å². The third-order valence-corrected chi connectivity index (χ3v) is 1.92. The molecule has 0 fully saturated rings. The predicted octanol–water partition coefficient (Wildman–Crippen LogP) is 2.64. The molecule has 0 aromatic rings. The van der Waals surface area contributed by atoms with E-state index in [4.69, 9.17) is 0 Å². The second-order valence-electron chi connectivity index (χ2n) is 3.16. The van der Waals surface area contributed by atoms with Crippen molar-refractivity contribution in [1.82, 2.24) is 10.2 Å². The molecule has 0 heterocycles. The maximum Gasteiger partial charge on any atom is 0.0867 e. The largest absolute Gasteiger partial charge is 0.371 e. The van der Waals surface area contributed by atoms with E-state index in [-0.39, 0.29) is 0 Å². The number of nitrogens with zero attached hydrogens (tertiary/aromatic N) is 1. The maximum absolute atomic E-state index is 3.66. The van der Waals surface area contributed by atoms with Gasteiger partial charge in [0.25, 0.3) is 0 Å². The van der Waals surface area contributed by atoms with Crippen molar-refractivity contribution in [2.24, 2.45) is 0 Å². The van der Waals surface area contributed by atoms with E-state index < -0.39 is 0 Å². The molecule has 0 aliphatic carbocycles. The Bertz CT molecular complexity index is 249. The van der Waals surface area contributed by atoms with Crippen LogP contribution in [0.3, 0.4) is 0 Å². The Labute approximate surface area is 87.3 Å². The Kier molecular flexibility index (Phi) is 6.29. The van der Waals surface area contributed by atoms with E-state index >= 15 is 0 Å². The Balaban J connectivity index is 4.02. The molecular weight excluding hydrogens is 172 g/mol. The summed E-state index contributed by atoms with van der Waals surface area (Å²) in [5.74, 6) is 0. The van der Waals surface area contributed by atoms with Gasteiger partial charge in [0.05, 0.1) is 6.67 Å². The van der Waals surface area contributed by atoms with Gasteiger partial charge in [0.1, 0.15) is 0 Å². The molecule has 0 rings (SSSR count). The van der Waals surface area contributed by atoms with Crippen molar-refractivity contribution < 1.29 is 0 Å². The summed E-state index contributed by atoms with van der Waals surface area (Å²) in [5, 5.41) is 3.26. The van der Waals surface area contributed by atoms with Crippen LogP contribution in [0.15, 0.2) is 48.9 Å². The quantitative estimate of drug-likeness (QED) is 0.514. The van der Waals surface area contributed by atoms with Crippen LogP contribution in [0.2, 0.25) is 0 Å². The fraction of sp³-hybridized carbons (Fsp3) is 0.333. The first kappa shape index (κ1) is 12.6. The Morgan fingerprint density at radius 1 is 1.21 bits per heavy atom. The molecule has 0 radical (unpaired) electrons. The van der Waals surface area contributed by atoms with Crippen LogP contribution in [-0.4, -0.2) is 18.6 Å². The van der Waals surface area contributed by atoms with Gasteiger partial charge in [-0.25, -0.2) is 0 Å². The molecular formula is C12H20N2. The molecule has 78 valence electrons. The monoisotopic (exact) mass is 192 g/mol. The smallest absolute Gasteiger partial charge is 0.0867 e. The molecule has 2 heteroatoms. The summed E-state index contributed by atoms with van der Waals surface area (Å²) in [4.78, 5) is 2.11. The van der Waals surface area contributed by atoms with Crippen molar-refractivity contribution >= 4 is 0 Å². The van der Waals surface area contributed by atoms with Crippen molar-refractivity contribution in [2.75, 3.05) is 13.7 Å². The lowest BCUT2D eigenvalue weighted by molar-refractivity contribution is 0.396. The average Bonchev–Trinajstić information content (AvgIpc) is 2.15. The lowest BCUT2D eigenvalue weighted by Gasteiger charge is -2.20. The molecule has 0 bridgehead atoms. The lowest BCUT2D eigenvalue weighted by Crippen LogP contribution is -2.28. The van der Waals surface area contributed by atoms with Crippen LogP contribution in [0.1, 0.15) is 13.8 Å². The highest BCUT2D eigenvalue weighted by Crippen LogP contribution is 1.98. The fourth-order valence-corrected chi connectivity index (χ4v) is 0.901. The van der Waals surface area contributed by atoms with Gasteiger partial charge in [0.15, 0.2) is 0 Å². The zero-order valence-corrected chi connectivity index (χ0v) is 9.38. The minimum atomic E-state index is 0.784. The minimum Gasteiger partial charge on any atom is -0.371 e. The van der Waals surface area contributed by atoms with Crippen LogP contribution >= 0.6 is 0 Å². The van der Waals surface area contributed by atoms with E-state index in [0.717, 1.165) is 12.4 Å². The molecule has 2 nitrogen and oxygen atoms in total. The zero-order chi connectivity index (χ0) is 11.0. The molecule has 0 aliphatic heterocycles. The highest BCUT2D eigenvalue weighted by molar-refractivity contribution is 5.08. The van der Waals surface area contributed by atoms with Crippen LogP contribution < -0.4 is 5.32 Å². The number of hydrogen-bond acceptors (Lipinski definition) is 2. The van der Waals surface area contributed by atoms with Gasteiger partial charge < -0.3 is 10.2 Å². The number of allylic oxidation sites excluding steroid dienone is 6. The second kappa shape index (κ2) is 7.01. The summed E-state index contributed by atoms with van der Waals surface area (Å²) in [6.45, 7) is 12.1. The number of hydrogen-bond donors (Lipinski definition) is 1. The van der Waals surface area contributed by atoms with E-state index in [2.05, 4.69) is 30.3 Å². The van der Waals surface area contributed by atoms with E-state index in [0.29, 0.717) is 0 Å². The van der Waals surface area contributed by atoms with Gasteiger partial charge in [-0.2, -0.15) is 0 Å². The number of nitrogens with one attached hydrogen (secondary N) is 1. The van der Waals surface area contributed by atoms with Gasteiger partial charge >= 0.3 is 0 Å². The highest BCUT2D eigenvalue weighted by atomic mass is 15.2. The van der Waals surface area contributed by atoms with Gasteiger partial charge in [-0.1, -0.05) is 25.3 Å². The molecule has 0 saturated carbocycles. The zero-order valence-electron chi connectivity index (χ0n) is 9.38. The molecule has 0 amide bonds. The van der Waals surface area contributed by atoms with Crippen molar-refractivity contribution in [2.45, 2.75) is 13.8 Å². The summed E-state index contributed by atoms with van der Waals surface area (Å²) in [5.41, 5.74) is 2.29.